The van der Waals surface area contributed by atoms with Crippen LogP contribution < -0.4 is 16.4 Å². The molecule has 24 heavy (non-hydrogen) atoms. The molecule has 0 fully saturated rings. The molecule has 0 saturated carbocycles. The molecule has 2 unspecified atom stereocenters. The number of benzene rings is 1. The Labute approximate surface area is 141 Å². The summed E-state index contributed by atoms with van der Waals surface area (Å²) < 4.78 is 5.24. The molecule has 2 rings (SSSR count). The minimum atomic E-state index is -1.19. The Morgan fingerprint density at radius 1 is 1.42 bits per heavy atom. The van der Waals surface area contributed by atoms with Crippen molar-refractivity contribution in [2.24, 2.45) is 5.73 Å². The third kappa shape index (κ3) is 4.94. The first kappa shape index (κ1) is 18.2. The van der Waals surface area contributed by atoms with E-state index in [1.807, 2.05) is 39.0 Å². The highest BCUT2D eigenvalue weighted by Gasteiger charge is 2.24. The number of nitrogens with two attached hydrogens (primary N) is 1. The van der Waals surface area contributed by atoms with Gasteiger partial charge in [-0.3, -0.25) is 10.1 Å². The van der Waals surface area contributed by atoms with Crippen LogP contribution in [0.3, 0.4) is 0 Å². The third-order valence-corrected chi connectivity index (χ3v) is 3.75. The first-order valence-corrected chi connectivity index (χ1v) is 7.99. The number of anilines is 1. The van der Waals surface area contributed by atoms with Crippen molar-refractivity contribution in [2.75, 3.05) is 11.9 Å². The van der Waals surface area contributed by atoms with Gasteiger partial charge < -0.3 is 20.9 Å². The van der Waals surface area contributed by atoms with Crippen LogP contribution in [0.1, 0.15) is 44.4 Å². The maximum atomic E-state index is 11.8. The third-order valence-electron chi connectivity index (χ3n) is 3.75. The van der Waals surface area contributed by atoms with Gasteiger partial charge in [0.05, 0.1) is 0 Å². The molecule has 1 aromatic carbocycles. The van der Waals surface area contributed by atoms with Crippen molar-refractivity contribution >= 4 is 17.7 Å². The molecule has 5 N–H and O–H groups in total. The van der Waals surface area contributed by atoms with E-state index in [0.29, 0.717) is 5.69 Å². The average Bonchev–Trinajstić information content (AvgIpc) is 2.84. The molecule has 1 aliphatic rings. The summed E-state index contributed by atoms with van der Waals surface area (Å²) in [6.45, 7) is 5.56. The molecule has 0 bridgehead atoms. The van der Waals surface area contributed by atoms with Crippen LogP contribution in [-0.4, -0.2) is 35.4 Å². The maximum Gasteiger partial charge on any atom is 0.412 e. The van der Waals surface area contributed by atoms with Crippen LogP contribution in [0.15, 0.2) is 18.2 Å². The standard InChI is InChI=1S/C17H25N3O4/c1-17(2,3)24-16(23)20-11-5-6-12-10(8-11)4-7-13(12)19-9-14(21)15(18)22/h5-6,8,13-14,19,21H,4,7,9H2,1-3H3,(H2,18,22)(H,20,23). The van der Waals surface area contributed by atoms with E-state index in [0.717, 1.165) is 24.0 Å². The molecule has 0 aromatic heterocycles. The summed E-state index contributed by atoms with van der Waals surface area (Å²) >= 11 is 0. The number of carbonyl (C=O) groups excluding carboxylic acids is 2. The first-order valence-electron chi connectivity index (χ1n) is 7.99. The zero-order valence-corrected chi connectivity index (χ0v) is 14.3. The summed E-state index contributed by atoms with van der Waals surface area (Å²) in [5.41, 5.74) is 7.40. The molecule has 0 saturated heterocycles. The second kappa shape index (κ2) is 7.19. The smallest absolute Gasteiger partial charge is 0.412 e. The van der Waals surface area contributed by atoms with Gasteiger partial charge in [-0.2, -0.15) is 0 Å². The second-order valence-electron chi connectivity index (χ2n) is 6.96. The van der Waals surface area contributed by atoms with E-state index in [-0.39, 0.29) is 12.6 Å². The quantitative estimate of drug-likeness (QED) is 0.650. The van der Waals surface area contributed by atoms with E-state index in [1.165, 1.54) is 0 Å². The van der Waals surface area contributed by atoms with Gasteiger partial charge in [-0.25, -0.2) is 4.79 Å². The van der Waals surface area contributed by atoms with Gasteiger partial charge in [0.15, 0.2) is 0 Å². The number of carbonyl (C=O) groups is 2. The van der Waals surface area contributed by atoms with Crippen LogP contribution in [0.2, 0.25) is 0 Å². The van der Waals surface area contributed by atoms with E-state index in [1.54, 1.807) is 0 Å². The number of ether oxygens (including phenoxy) is 1. The Balaban J connectivity index is 1.97. The van der Waals surface area contributed by atoms with Crippen molar-refractivity contribution in [1.29, 1.82) is 0 Å². The van der Waals surface area contributed by atoms with Crippen molar-refractivity contribution in [3.8, 4) is 0 Å². The number of nitrogens with one attached hydrogen (secondary N) is 2. The fourth-order valence-electron chi connectivity index (χ4n) is 2.68. The lowest BCUT2D eigenvalue weighted by Crippen LogP contribution is -2.38. The minimum absolute atomic E-state index is 0.0598. The van der Waals surface area contributed by atoms with Gasteiger partial charge in [0.2, 0.25) is 5.91 Å². The molecule has 2 amide bonds. The number of fused-ring (bicyclic) bond motifs is 1. The lowest BCUT2D eigenvalue weighted by atomic mass is 10.1. The Kier molecular flexibility index (Phi) is 5.46. The van der Waals surface area contributed by atoms with Crippen LogP contribution >= 0.6 is 0 Å². The normalized spacial score (nSPS) is 17.9. The summed E-state index contributed by atoms with van der Waals surface area (Å²) in [7, 11) is 0. The minimum Gasteiger partial charge on any atom is -0.444 e. The molecule has 0 spiro atoms. The number of hydrogen-bond donors (Lipinski definition) is 4. The van der Waals surface area contributed by atoms with Gasteiger partial charge in [0.1, 0.15) is 11.7 Å². The fourth-order valence-corrected chi connectivity index (χ4v) is 2.68. The van der Waals surface area contributed by atoms with Crippen LogP contribution in [0.25, 0.3) is 0 Å². The average molecular weight is 335 g/mol. The highest BCUT2D eigenvalue weighted by atomic mass is 16.6. The first-order chi connectivity index (χ1) is 11.2. The zero-order valence-electron chi connectivity index (χ0n) is 14.3. The summed E-state index contributed by atoms with van der Waals surface area (Å²) in [6.07, 6.45) is 0.0297. The number of rotatable bonds is 5. The highest BCUT2D eigenvalue weighted by molar-refractivity contribution is 5.85. The molecule has 7 heteroatoms. The van der Waals surface area contributed by atoms with Gasteiger partial charge in [0.25, 0.3) is 0 Å². The molecule has 1 aromatic rings. The van der Waals surface area contributed by atoms with Crippen LogP contribution in [0.4, 0.5) is 10.5 Å². The summed E-state index contributed by atoms with van der Waals surface area (Å²) in [5, 5.41) is 15.3. The summed E-state index contributed by atoms with van der Waals surface area (Å²) in [4.78, 5) is 22.7. The monoisotopic (exact) mass is 335 g/mol. The van der Waals surface area contributed by atoms with Crippen molar-refractivity contribution in [3.63, 3.8) is 0 Å². The topological polar surface area (TPSA) is 114 Å². The number of aryl methyl sites for hydroxylation is 1. The van der Waals surface area contributed by atoms with Gasteiger partial charge in [0, 0.05) is 18.3 Å². The molecule has 0 aliphatic heterocycles. The van der Waals surface area contributed by atoms with E-state index in [4.69, 9.17) is 10.5 Å². The molecule has 7 nitrogen and oxygen atoms in total. The predicted molar refractivity (Wildman–Crippen MR) is 90.6 cm³/mol. The largest absolute Gasteiger partial charge is 0.444 e. The Morgan fingerprint density at radius 3 is 2.75 bits per heavy atom. The van der Waals surface area contributed by atoms with Crippen molar-refractivity contribution in [2.45, 2.75) is 51.4 Å². The molecule has 1 aliphatic carbocycles. The lowest BCUT2D eigenvalue weighted by molar-refractivity contribution is -0.125. The van der Waals surface area contributed by atoms with Gasteiger partial charge in [-0.05, 0) is 56.9 Å². The van der Waals surface area contributed by atoms with E-state index >= 15 is 0 Å². The van der Waals surface area contributed by atoms with Gasteiger partial charge in [-0.1, -0.05) is 6.07 Å². The molecule has 2 atom stereocenters. The number of aliphatic hydroxyl groups excluding tert-OH is 1. The van der Waals surface area contributed by atoms with Crippen LogP contribution in [0.5, 0.6) is 0 Å². The predicted octanol–water partition coefficient (Wildman–Crippen LogP) is 1.46. The van der Waals surface area contributed by atoms with E-state index in [2.05, 4.69) is 10.6 Å². The Morgan fingerprint density at radius 2 is 2.12 bits per heavy atom. The molecule has 0 radical (unpaired) electrons. The number of aliphatic hydroxyl groups is 1. The lowest BCUT2D eigenvalue weighted by Gasteiger charge is -2.20. The van der Waals surface area contributed by atoms with Crippen LogP contribution in [0, 0.1) is 0 Å². The SMILES string of the molecule is CC(C)(C)OC(=O)Nc1ccc2c(c1)CCC2NCC(O)C(N)=O. The fraction of sp³-hybridized carbons (Fsp3) is 0.529. The molecule has 0 heterocycles. The van der Waals surface area contributed by atoms with Crippen molar-refractivity contribution < 1.29 is 19.4 Å². The van der Waals surface area contributed by atoms with Gasteiger partial charge in [-0.15, -0.1) is 0 Å². The molecule has 132 valence electrons. The summed E-state index contributed by atoms with van der Waals surface area (Å²) in [5.74, 6) is -0.738. The summed E-state index contributed by atoms with van der Waals surface area (Å²) in [6, 6.07) is 5.73. The second-order valence-corrected chi connectivity index (χ2v) is 6.96. The Bertz CT molecular complexity index is 625. The highest BCUT2D eigenvalue weighted by Crippen LogP contribution is 2.33. The van der Waals surface area contributed by atoms with E-state index in [9.17, 15) is 14.7 Å². The molecular formula is C17H25N3O4. The number of amides is 2. The maximum absolute atomic E-state index is 11.8. The van der Waals surface area contributed by atoms with Gasteiger partial charge >= 0.3 is 6.09 Å². The Hall–Kier alpha value is -2.12. The number of hydrogen-bond acceptors (Lipinski definition) is 5. The molecular weight excluding hydrogens is 310 g/mol. The van der Waals surface area contributed by atoms with Crippen molar-refractivity contribution in [1.82, 2.24) is 5.32 Å². The zero-order chi connectivity index (χ0) is 17.9. The van der Waals surface area contributed by atoms with Crippen molar-refractivity contribution in [3.05, 3.63) is 29.3 Å². The van der Waals surface area contributed by atoms with E-state index < -0.39 is 23.7 Å². The van der Waals surface area contributed by atoms with Crippen LogP contribution in [-0.2, 0) is 16.0 Å². The number of primary amides is 1.